The van der Waals surface area contributed by atoms with Crippen molar-refractivity contribution >= 4 is 88.2 Å². The molecule has 4 aromatic heterocycles. The number of aryl methyl sites for hydroxylation is 1. The van der Waals surface area contributed by atoms with E-state index in [-0.39, 0.29) is 5.41 Å². The monoisotopic (exact) mass is 1010 g/mol. The lowest BCUT2D eigenvalue weighted by molar-refractivity contribution is 0.483. The van der Waals surface area contributed by atoms with E-state index in [0.29, 0.717) is 6.67 Å². The minimum absolute atomic E-state index is 0.0854. The summed E-state index contributed by atoms with van der Waals surface area (Å²) < 4.78 is 14.0. The van der Waals surface area contributed by atoms with Crippen molar-refractivity contribution < 1.29 is 4.74 Å². The lowest BCUT2D eigenvalue weighted by atomic mass is 9.87. The molecule has 10 aromatic carbocycles. The second-order valence-electron chi connectivity index (χ2n) is 21.7. The molecular formula is C71H54N6O. The molecule has 0 saturated carbocycles. The van der Waals surface area contributed by atoms with Gasteiger partial charge in [-0.15, -0.1) is 0 Å². The molecule has 0 saturated heterocycles. The third kappa shape index (κ3) is 7.15. The molecule has 7 nitrogen and oxygen atoms in total. The SMILES string of the molecule is Cc1cc(-n2c3ccccc3c3ccc(Oc4cccc(N5CN(c6ccc(C(C)(C)C)cc6)c6ccccc65)c4)cc32)ncc1-c1c(-n2c3ccccc3c3ccccc32)cccc1-n1c2ccccc2c2ccccc21. The van der Waals surface area contributed by atoms with Crippen LogP contribution in [0.2, 0.25) is 0 Å². The molecular weight excluding hydrogens is 953 g/mol. The van der Waals surface area contributed by atoms with Gasteiger partial charge in [0.2, 0.25) is 0 Å². The van der Waals surface area contributed by atoms with E-state index in [2.05, 4.69) is 288 Å². The Hall–Kier alpha value is -9.85. The third-order valence-electron chi connectivity index (χ3n) is 16.1. The normalized spacial score (nSPS) is 12.8. The number of nitrogens with zero attached hydrogens (tertiary/aromatic N) is 6. The lowest BCUT2D eigenvalue weighted by Gasteiger charge is -2.24. The molecule has 0 radical (unpaired) electrons. The Labute approximate surface area is 452 Å². The third-order valence-corrected chi connectivity index (χ3v) is 16.1. The number of hydrogen-bond donors (Lipinski definition) is 0. The summed E-state index contributed by atoms with van der Waals surface area (Å²) in [6, 6.07) is 85.2. The zero-order valence-electron chi connectivity index (χ0n) is 43.9. The summed E-state index contributed by atoms with van der Waals surface area (Å²) in [4.78, 5) is 10.2. The highest BCUT2D eigenvalue weighted by atomic mass is 16.5. The summed E-state index contributed by atoms with van der Waals surface area (Å²) in [6.07, 6.45) is 2.10. The molecule has 0 fully saturated rings. The number of ether oxygens (including phenoxy) is 1. The number of aromatic nitrogens is 4. The van der Waals surface area contributed by atoms with Crippen LogP contribution in [0.4, 0.5) is 22.7 Å². The van der Waals surface area contributed by atoms with Crippen LogP contribution >= 0.6 is 0 Å². The number of pyridine rings is 1. The lowest BCUT2D eigenvalue weighted by Crippen LogP contribution is -2.24. The van der Waals surface area contributed by atoms with Crippen LogP contribution in [0.3, 0.4) is 0 Å². The summed E-state index contributed by atoms with van der Waals surface area (Å²) in [6.45, 7) is 9.69. The van der Waals surface area contributed by atoms with Gasteiger partial charge < -0.3 is 23.7 Å². The Morgan fingerprint density at radius 3 is 1.36 bits per heavy atom. The molecule has 78 heavy (non-hydrogen) atoms. The van der Waals surface area contributed by atoms with Crippen molar-refractivity contribution in [2.45, 2.75) is 33.1 Å². The molecule has 0 aliphatic carbocycles. The first-order valence-corrected chi connectivity index (χ1v) is 26.9. The van der Waals surface area contributed by atoms with Crippen LogP contribution in [-0.4, -0.2) is 25.4 Å². The summed E-state index contributed by atoms with van der Waals surface area (Å²) in [5, 5.41) is 7.16. The van der Waals surface area contributed by atoms with E-state index >= 15 is 0 Å². The molecule has 0 bridgehead atoms. The van der Waals surface area contributed by atoms with Gasteiger partial charge in [-0.3, -0.25) is 4.57 Å². The fourth-order valence-electron chi connectivity index (χ4n) is 12.4. The van der Waals surface area contributed by atoms with E-state index in [1.807, 2.05) is 6.07 Å². The zero-order valence-corrected chi connectivity index (χ0v) is 43.9. The van der Waals surface area contributed by atoms with Crippen LogP contribution in [-0.2, 0) is 5.41 Å². The van der Waals surface area contributed by atoms with Crippen LogP contribution < -0.4 is 14.5 Å². The van der Waals surface area contributed by atoms with Gasteiger partial charge in [0.25, 0.3) is 0 Å². The van der Waals surface area contributed by atoms with Gasteiger partial charge >= 0.3 is 0 Å². The van der Waals surface area contributed by atoms with E-state index in [9.17, 15) is 0 Å². The van der Waals surface area contributed by atoms with Gasteiger partial charge in [-0.25, -0.2) is 4.98 Å². The summed E-state index contributed by atoms with van der Waals surface area (Å²) in [5.41, 5.74) is 18.1. The summed E-state index contributed by atoms with van der Waals surface area (Å²) in [5.74, 6) is 2.34. The maximum absolute atomic E-state index is 6.86. The Morgan fingerprint density at radius 1 is 0.385 bits per heavy atom. The predicted molar refractivity (Wildman–Crippen MR) is 325 cm³/mol. The Balaban J connectivity index is 0.844. The topological polar surface area (TPSA) is 43.4 Å². The average molecular weight is 1010 g/mol. The van der Waals surface area contributed by atoms with Crippen LogP contribution in [0.25, 0.3) is 93.7 Å². The number of para-hydroxylation sites is 7. The van der Waals surface area contributed by atoms with E-state index in [0.717, 1.165) is 101 Å². The second kappa shape index (κ2) is 17.6. The molecule has 14 aromatic rings. The number of rotatable bonds is 8. The molecule has 7 heteroatoms. The molecule has 0 unspecified atom stereocenters. The largest absolute Gasteiger partial charge is 0.457 e. The first-order chi connectivity index (χ1) is 38.2. The Bertz CT molecular complexity index is 4460. The van der Waals surface area contributed by atoms with Crippen molar-refractivity contribution in [3.8, 4) is 39.8 Å². The highest BCUT2D eigenvalue weighted by Crippen LogP contribution is 2.47. The molecule has 1 aliphatic rings. The van der Waals surface area contributed by atoms with Crippen LogP contribution in [0.1, 0.15) is 31.9 Å². The number of benzene rings is 10. The molecule has 0 spiro atoms. The maximum atomic E-state index is 6.86. The van der Waals surface area contributed by atoms with Gasteiger partial charge in [0.1, 0.15) is 24.0 Å². The van der Waals surface area contributed by atoms with Gasteiger partial charge in [-0.1, -0.05) is 148 Å². The maximum Gasteiger partial charge on any atom is 0.137 e. The van der Waals surface area contributed by atoms with Crippen molar-refractivity contribution in [2.24, 2.45) is 0 Å². The molecule has 15 rings (SSSR count). The first-order valence-electron chi connectivity index (χ1n) is 26.9. The first kappa shape index (κ1) is 45.5. The molecule has 0 atom stereocenters. The molecule has 1 aliphatic heterocycles. The fraction of sp³-hybridized carbons (Fsp3) is 0.0845. The average Bonchev–Trinajstić information content (AvgIpc) is 4.39. The van der Waals surface area contributed by atoms with Crippen molar-refractivity contribution in [1.82, 2.24) is 18.7 Å². The Morgan fingerprint density at radius 2 is 0.833 bits per heavy atom. The quantitative estimate of drug-likeness (QED) is 0.152. The van der Waals surface area contributed by atoms with E-state index in [1.54, 1.807) is 0 Å². The minimum Gasteiger partial charge on any atom is -0.457 e. The molecule has 0 amide bonds. The molecule has 0 N–H and O–H groups in total. The second-order valence-corrected chi connectivity index (χ2v) is 21.7. The van der Waals surface area contributed by atoms with Crippen molar-refractivity contribution in [2.75, 3.05) is 16.5 Å². The van der Waals surface area contributed by atoms with Crippen LogP contribution in [0.15, 0.2) is 243 Å². The van der Waals surface area contributed by atoms with Gasteiger partial charge in [0.05, 0.1) is 55.8 Å². The number of anilines is 4. The van der Waals surface area contributed by atoms with Crippen LogP contribution in [0, 0.1) is 6.92 Å². The highest BCUT2D eigenvalue weighted by molar-refractivity contribution is 6.13. The predicted octanol–water partition coefficient (Wildman–Crippen LogP) is 18.7. The van der Waals surface area contributed by atoms with Crippen molar-refractivity contribution in [3.63, 3.8) is 0 Å². The van der Waals surface area contributed by atoms with Gasteiger partial charge in [-0.2, -0.15) is 0 Å². The minimum atomic E-state index is 0.0854. The van der Waals surface area contributed by atoms with Gasteiger partial charge in [0.15, 0.2) is 0 Å². The fourth-order valence-corrected chi connectivity index (χ4v) is 12.4. The van der Waals surface area contributed by atoms with Crippen molar-refractivity contribution in [3.05, 3.63) is 254 Å². The van der Waals surface area contributed by atoms with Gasteiger partial charge in [-0.05, 0) is 121 Å². The zero-order chi connectivity index (χ0) is 52.2. The smallest absolute Gasteiger partial charge is 0.137 e. The van der Waals surface area contributed by atoms with E-state index < -0.39 is 0 Å². The molecule has 374 valence electrons. The highest BCUT2D eigenvalue weighted by Gasteiger charge is 2.29. The number of hydrogen-bond acceptors (Lipinski definition) is 4. The van der Waals surface area contributed by atoms with E-state index in [1.165, 1.54) is 38.5 Å². The summed E-state index contributed by atoms with van der Waals surface area (Å²) >= 11 is 0. The van der Waals surface area contributed by atoms with Gasteiger partial charge in [0, 0.05) is 73.1 Å². The van der Waals surface area contributed by atoms with E-state index in [4.69, 9.17) is 9.72 Å². The summed E-state index contributed by atoms with van der Waals surface area (Å²) in [7, 11) is 0. The molecule has 5 heterocycles. The standard InChI is InChI=1S/C71H54N6O/c1-46-41-69(72-44-58(46)70-66(75-59-26-10-5-21-52(59)53-22-6-11-27-60(53)75)33-18-34-67(70)76-61-28-12-7-23-54(61)55-24-8-13-29-62(55)76)77-63-30-14-9-25-56(63)57-40-39-51(43-68(57)77)78-50-20-17-19-49(42-50)74-45-73(64-31-15-16-32-65(64)74)48-37-35-47(36-38-48)71(2,3)4/h5-44H,45H2,1-4H3. The van der Waals surface area contributed by atoms with Crippen LogP contribution in [0.5, 0.6) is 11.5 Å². The van der Waals surface area contributed by atoms with Crippen molar-refractivity contribution in [1.29, 1.82) is 0 Å². The Kier molecular flexibility index (Phi) is 10.3. The number of fused-ring (bicyclic) bond motifs is 10.